The Morgan fingerprint density at radius 1 is 0.938 bits per heavy atom. The van der Waals surface area contributed by atoms with Gasteiger partial charge in [-0.2, -0.15) is 11.3 Å². The molecular weight excluding hydrogens is 439 g/mol. The van der Waals surface area contributed by atoms with Gasteiger partial charge in [-0.25, -0.2) is 4.39 Å². The number of rotatable bonds is 6. The largest absolute Gasteiger partial charge is 0.303 e. The van der Waals surface area contributed by atoms with Crippen molar-refractivity contribution < 1.29 is 4.39 Å². The van der Waals surface area contributed by atoms with Crippen molar-refractivity contribution in [3.63, 3.8) is 0 Å². The summed E-state index contributed by atoms with van der Waals surface area (Å²) in [6.07, 6.45) is 2.32. The summed E-state index contributed by atoms with van der Waals surface area (Å²) in [5.74, 6) is 1.65. The maximum atomic E-state index is 13.3. The summed E-state index contributed by atoms with van der Waals surface area (Å²) in [6.45, 7) is 6.62. The fourth-order valence-corrected chi connectivity index (χ4v) is 6.48. The third-order valence-corrected chi connectivity index (χ3v) is 8.14. The molecule has 32 heavy (non-hydrogen) atoms. The number of likely N-dealkylation sites (tertiary alicyclic amines) is 2. The van der Waals surface area contributed by atoms with Crippen LogP contribution in [0, 0.1) is 11.7 Å². The van der Waals surface area contributed by atoms with E-state index in [4.69, 9.17) is 11.6 Å². The van der Waals surface area contributed by atoms with E-state index in [0.717, 1.165) is 57.1 Å². The summed E-state index contributed by atoms with van der Waals surface area (Å²) in [7, 11) is 0. The summed E-state index contributed by atoms with van der Waals surface area (Å²) in [5.41, 5.74) is 4.08. The topological polar surface area (TPSA) is 6.48 Å². The maximum Gasteiger partial charge on any atom is 0.123 e. The van der Waals surface area contributed by atoms with Crippen molar-refractivity contribution in [2.75, 3.05) is 32.7 Å². The van der Waals surface area contributed by atoms with Crippen LogP contribution in [0.3, 0.4) is 0 Å². The second kappa shape index (κ2) is 10.0. The molecule has 2 aromatic carbocycles. The van der Waals surface area contributed by atoms with Gasteiger partial charge in [0.2, 0.25) is 0 Å². The van der Waals surface area contributed by atoms with Gasteiger partial charge in [-0.15, -0.1) is 0 Å². The molecule has 3 aromatic rings. The van der Waals surface area contributed by atoms with Crippen molar-refractivity contribution in [2.24, 2.45) is 5.92 Å². The fraction of sp³-hybridized carbons (Fsp3) is 0.407. The summed E-state index contributed by atoms with van der Waals surface area (Å²) in [6, 6.07) is 17.7. The Hall–Kier alpha value is -1.72. The highest BCUT2D eigenvalue weighted by molar-refractivity contribution is 7.08. The van der Waals surface area contributed by atoms with Gasteiger partial charge in [0.25, 0.3) is 0 Å². The molecule has 0 radical (unpaired) electrons. The number of halogens is 2. The lowest BCUT2D eigenvalue weighted by Gasteiger charge is -2.34. The van der Waals surface area contributed by atoms with E-state index in [1.54, 1.807) is 23.5 Å². The van der Waals surface area contributed by atoms with Crippen LogP contribution in [0.1, 0.15) is 41.4 Å². The van der Waals surface area contributed by atoms with E-state index < -0.39 is 0 Å². The third-order valence-electron chi connectivity index (χ3n) is 7.20. The number of hydrogen-bond donors (Lipinski definition) is 0. The van der Waals surface area contributed by atoms with Gasteiger partial charge in [-0.1, -0.05) is 35.9 Å². The number of benzene rings is 2. The smallest absolute Gasteiger partial charge is 0.123 e. The van der Waals surface area contributed by atoms with Crippen molar-refractivity contribution in [1.82, 2.24) is 9.80 Å². The molecule has 0 saturated carbocycles. The number of hydrogen-bond acceptors (Lipinski definition) is 3. The molecule has 0 bridgehead atoms. The first kappa shape index (κ1) is 22.1. The molecule has 2 atom stereocenters. The van der Waals surface area contributed by atoms with Gasteiger partial charge in [0.05, 0.1) is 0 Å². The Morgan fingerprint density at radius 2 is 1.75 bits per heavy atom. The van der Waals surface area contributed by atoms with Gasteiger partial charge < -0.3 is 4.90 Å². The van der Waals surface area contributed by atoms with Crippen molar-refractivity contribution >= 4 is 22.9 Å². The number of thiophene rings is 1. The van der Waals surface area contributed by atoms with Crippen LogP contribution in [-0.4, -0.2) is 42.5 Å². The predicted octanol–water partition coefficient (Wildman–Crippen LogP) is 6.64. The normalized spacial score (nSPS) is 23.1. The van der Waals surface area contributed by atoms with Crippen LogP contribution in [0.5, 0.6) is 0 Å². The first-order chi connectivity index (χ1) is 15.6. The molecule has 168 valence electrons. The van der Waals surface area contributed by atoms with E-state index in [-0.39, 0.29) is 5.82 Å². The Morgan fingerprint density at radius 3 is 2.47 bits per heavy atom. The van der Waals surface area contributed by atoms with Crippen molar-refractivity contribution in [1.29, 1.82) is 0 Å². The number of piperidine rings is 1. The highest BCUT2D eigenvalue weighted by Gasteiger charge is 2.35. The molecular formula is C27H30ClFN2S. The van der Waals surface area contributed by atoms with Gasteiger partial charge in [0, 0.05) is 37.1 Å². The quantitative estimate of drug-likeness (QED) is 0.400. The SMILES string of the molecule is Fc1ccc(C2CCN(CC3CN(Cc4cccc(Cl)c4)CC3c3ccsc3)CC2)cc1. The molecule has 1 aromatic heterocycles. The van der Waals surface area contributed by atoms with Crippen LogP contribution >= 0.6 is 22.9 Å². The van der Waals surface area contributed by atoms with E-state index in [1.807, 2.05) is 24.3 Å². The van der Waals surface area contributed by atoms with E-state index in [0.29, 0.717) is 17.8 Å². The second-order valence-electron chi connectivity index (χ2n) is 9.37. The third kappa shape index (κ3) is 5.26. The zero-order valence-corrected chi connectivity index (χ0v) is 19.9. The van der Waals surface area contributed by atoms with E-state index >= 15 is 0 Å². The summed E-state index contributed by atoms with van der Waals surface area (Å²) in [4.78, 5) is 5.26. The van der Waals surface area contributed by atoms with E-state index in [2.05, 4.69) is 38.8 Å². The Kier molecular flexibility index (Phi) is 6.94. The zero-order valence-electron chi connectivity index (χ0n) is 18.3. The van der Waals surface area contributed by atoms with Crippen LogP contribution in [0.15, 0.2) is 65.4 Å². The first-order valence-electron chi connectivity index (χ1n) is 11.6. The molecule has 2 nitrogen and oxygen atoms in total. The van der Waals surface area contributed by atoms with Gasteiger partial charge in [0.1, 0.15) is 5.82 Å². The maximum absolute atomic E-state index is 13.3. The van der Waals surface area contributed by atoms with Gasteiger partial charge in [0.15, 0.2) is 0 Å². The lowest BCUT2D eigenvalue weighted by atomic mass is 9.87. The molecule has 0 spiro atoms. The summed E-state index contributed by atoms with van der Waals surface area (Å²) in [5, 5.41) is 5.36. The van der Waals surface area contributed by atoms with Crippen LogP contribution in [0.4, 0.5) is 4.39 Å². The molecule has 5 heteroatoms. The standard InChI is InChI=1S/C27H30ClFN2S/c28-25-3-1-2-20(14-25)15-31-17-24(27(18-31)23-10-13-32-19-23)16-30-11-8-22(9-12-30)21-4-6-26(29)7-5-21/h1-7,10,13-14,19,22,24,27H,8-9,11-12,15-18H2. The average molecular weight is 469 g/mol. The van der Waals surface area contributed by atoms with Gasteiger partial charge in [-0.3, -0.25) is 4.90 Å². The molecule has 2 saturated heterocycles. The van der Waals surface area contributed by atoms with Crippen LogP contribution in [0.25, 0.3) is 0 Å². The molecule has 5 rings (SSSR count). The Labute approximate surface area is 199 Å². The monoisotopic (exact) mass is 468 g/mol. The van der Waals surface area contributed by atoms with Crippen molar-refractivity contribution in [2.45, 2.75) is 31.2 Å². The lowest BCUT2D eigenvalue weighted by Crippen LogP contribution is -2.38. The molecule has 3 heterocycles. The van der Waals surface area contributed by atoms with Gasteiger partial charge >= 0.3 is 0 Å². The van der Waals surface area contributed by atoms with E-state index in [9.17, 15) is 4.39 Å². The van der Waals surface area contributed by atoms with Crippen LogP contribution in [-0.2, 0) is 6.54 Å². The highest BCUT2D eigenvalue weighted by atomic mass is 35.5. The minimum atomic E-state index is -0.144. The van der Waals surface area contributed by atoms with Crippen molar-refractivity contribution in [3.05, 3.63) is 92.9 Å². The molecule has 2 aliphatic heterocycles. The molecule has 0 amide bonds. The number of nitrogens with zero attached hydrogens (tertiary/aromatic N) is 2. The summed E-state index contributed by atoms with van der Waals surface area (Å²) < 4.78 is 13.3. The molecule has 0 N–H and O–H groups in total. The minimum Gasteiger partial charge on any atom is -0.303 e. The lowest BCUT2D eigenvalue weighted by molar-refractivity contribution is 0.177. The first-order valence-corrected chi connectivity index (χ1v) is 12.9. The highest BCUT2D eigenvalue weighted by Crippen LogP contribution is 2.36. The van der Waals surface area contributed by atoms with Crippen LogP contribution < -0.4 is 0 Å². The Bertz CT molecular complexity index is 999. The van der Waals surface area contributed by atoms with Crippen molar-refractivity contribution in [3.8, 4) is 0 Å². The minimum absolute atomic E-state index is 0.144. The van der Waals surface area contributed by atoms with Gasteiger partial charge in [-0.05, 0) is 95.5 Å². The van der Waals surface area contributed by atoms with Crippen LogP contribution in [0.2, 0.25) is 5.02 Å². The second-order valence-corrected chi connectivity index (χ2v) is 10.6. The average Bonchev–Trinajstić information content (AvgIpc) is 3.45. The fourth-order valence-electron chi connectivity index (χ4n) is 5.55. The Balaban J connectivity index is 1.22. The zero-order chi connectivity index (χ0) is 21.9. The summed E-state index contributed by atoms with van der Waals surface area (Å²) >= 11 is 8.02. The molecule has 0 aliphatic carbocycles. The predicted molar refractivity (Wildman–Crippen MR) is 132 cm³/mol. The molecule has 2 aliphatic rings. The molecule has 2 unspecified atom stereocenters. The molecule has 2 fully saturated rings. The van der Waals surface area contributed by atoms with E-state index in [1.165, 1.54) is 16.7 Å².